The van der Waals surface area contributed by atoms with E-state index < -0.39 is 0 Å². The van der Waals surface area contributed by atoms with Gasteiger partial charge in [-0.2, -0.15) is 0 Å². The maximum absolute atomic E-state index is 13.0. The number of amides is 2. The Morgan fingerprint density at radius 1 is 1.12 bits per heavy atom. The molecule has 0 spiro atoms. The molecule has 2 aliphatic heterocycles. The van der Waals surface area contributed by atoms with Gasteiger partial charge < -0.3 is 10.6 Å². The van der Waals surface area contributed by atoms with E-state index in [1.165, 1.54) is 17.7 Å². The molecule has 0 radical (unpaired) electrons. The van der Waals surface area contributed by atoms with Gasteiger partial charge in [-0.15, -0.1) is 0 Å². The van der Waals surface area contributed by atoms with Gasteiger partial charge in [0.15, 0.2) is 0 Å². The highest BCUT2D eigenvalue weighted by atomic mass is 19.1. The van der Waals surface area contributed by atoms with Crippen LogP contribution in [0.3, 0.4) is 0 Å². The largest absolute Gasteiger partial charge is 0.353 e. The van der Waals surface area contributed by atoms with Gasteiger partial charge in [0.2, 0.25) is 11.8 Å². The summed E-state index contributed by atoms with van der Waals surface area (Å²) in [5, 5.41) is 6.01. The van der Waals surface area contributed by atoms with Crippen molar-refractivity contribution in [2.45, 2.75) is 50.5 Å². The summed E-state index contributed by atoms with van der Waals surface area (Å²) in [7, 11) is 2.07. The zero-order valence-corrected chi connectivity index (χ0v) is 18.5. The van der Waals surface area contributed by atoms with Crippen molar-refractivity contribution in [3.63, 3.8) is 0 Å². The normalized spacial score (nSPS) is 23.9. The Morgan fingerprint density at radius 3 is 2.62 bits per heavy atom. The monoisotopic (exact) mass is 438 g/mol. The molecule has 4 rings (SSSR count). The second-order valence-electron chi connectivity index (χ2n) is 8.76. The average Bonchev–Trinajstić information content (AvgIpc) is 3.17. The van der Waals surface area contributed by atoms with Crippen molar-refractivity contribution in [3.05, 3.63) is 71.5 Å². The van der Waals surface area contributed by atoms with Crippen molar-refractivity contribution in [3.8, 4) is 0 Å². The number of hydrogen-bond donors (Lipinski definition) is 2. The molecule has 7 heteroatoms. The minimum absolute atomic E-state index is 0.0352. The fraction of sp³-hybridized carbons (Fsp3) is 0.440. The zero-order chi connectivity index (χ0) is 22.5. The zero-order valence-electron chi connectivity index (χ0n) is 18.5. The third-order valence-electron chi connectivity index (χ3n) is 6.69. The molecule has 0 unspecified atom stereocenters. The molecule has 6 nitrogen and oxygen atoms in total. The number of fused-ring (bicyclic) bond motifs is 1. The lowest BCUT2D eigenvalue weighted by Gasteiger charge is -2.33. The predicted molar refractivity (Wildman–Crippen MR) is 121 cm³/mol. The number of nitrogens with zero attached hydrogens (tertiary/aromatic N) is 2. The summed E-state index contributed by atoms with van der Waals surface area (Å²) in [6, 6.07) is 16.5. The van der Waals surface area contributed by atoms with Gasteiger partial charge in [0.25, 0.3) is 0 Å². The molecular formula is C25H31FN4O2. The minimum atomic E-state index is -0.286. The Labute approximate surface area is 188 Å². The molecule has 2 aliphatic rings. The molecule has 0 aliphatic carbocycles. The van der Waals surface area contributed by atoms with Crippen LogP contribution in [0.15, 0.2) is 54.6 Å². The highest BCUT2D eigenvalue weighted by Crippen LogP contribution is 2.28. The summed E-state index contributed by atoms with van der Waals surface area (Å²) in [6.07, 6.45) is 2.00. The molecule has 2 fully saturated rings. The number of likely N-dealkylation sites (N-methyl/N-ethyl adjacent to an activating group) is 1. The lowest BCUT2D eigenvalue weighted by Crippen LogP contribution is -2.49. The second kappa shape index (κ2) is 10.2. The molecule has 2 amide bonds. The van der Waals surface area contributed by atoms with Gasteiger partial charge in [-0.05, 0) is 43.1 Å². The number of benzene rings is 2. The predicted octanol–water partition coefficient (Wildman–Crippen LogP) is 2.30. The van der Waals surface area contributed by atoms with E-state index in [1.807, 2.05) is 18.2 Å². The molecular weight excluding hydrogens is 407 g/mol. The smallest absolute Gasteiger partial charge is 0.239 e. The molecule has 2 heterocycles. The Morgan fingerprint density at radius 2 is 1.88 bits per heavy atom. The van der Waals surface area contributed by atoms with Gasteiger partial charge in [0, 0.05) is 44.7 Å². The van der Waals surface area contributed by atoms with E-state index in [0.29, 0.717) is 25.9 Å². The Kier molecular flexibility index (Phi) is 7.17. The standard InChI is InChI=1S/C25H31FN4O2/c1-29-21(11-12-23(31)27-15-18-7-9-20(26)10-8-18)16-28-25(32)24-22(29)13-14-30(24)17-19-5-3-2-4-6-19/h2-10,21-22,24H,11-17H2,1H3,(H,27,31)(H,28,32)/t21-,22-,24-/m0/s1. The molecule has 0 saturated carbocycles. The van der Waals surface area contributed by atoms with Crippen LogP contribution in [0.1, 0.15) is 30.4 Å². The second-order valence-corrected chi connectivity index (χ2v) is 8.76. The number of carbonyl (C=O) groups is 2. The molecule has 0 aromatic heterocycles. The maximum atomic E-state index is 13.0. The first kappa shape index (κ1) is 22.4. The van der Waals surface area contributed by atoms with Crippen LogP contribution in [0.4, 0.5) is 4.39 Å². The van der Waals surface area contributed by atoms with Gasteiger partial charge in [-0.1, -0.05) is 42.5 Å². The van der Waals surface area contributed by atoms with E-state index in [2.05, 4.69) is 39.6 Å². The molecule has 2 aromatic rings. The molecule has 170 valence electrons. The van der Waals surface area contributed by atoms with Crippen LogP contribution in [0, 0.1) is 5.82 Å². The third kappa shape index (κ3) is 5.34. The van der Waals surface area contributed by atoms with Crippen LogP contribution in [0.5, 0.6) is 0 Å². The van der Waals surface area contributed by atoms with Crippen LogP contribution < -0.4 is 10.6 Å². The van der Waals surface area contributed by atoms with Crippen molar-refractivity contribution in [1.29, 1.82) is 0 Å². The molecule has 2 N–H and O–H groups in total. The van der Waals surface area contributed by atoms with Crippen molar-refractivity contribution >= 4 is 11.8 Å². The van der Waals surface area contributed by atoms with E-state index >= 15 is 0 Å². The number of likely N-dealkylation sites (tertiary alicyclic amines) is 1. The molecule has 32 heavy (non-hydrogen) atoms. The number of nitrogens with one attached hydrogen (secondary N) is 2. The van der Waals surface area contributed by atoms with Crippen molar-refractivity contribution in [2.75, 3.05) is 20.1 Å². The number of rotatable bonds is 7. The minimum Gasteiger partial charge on any atom is -0.353 e. The van der Waals surface area contributed by atoms with Crippen LogP contribution in [0.25, 0.3) is 0 Å². The van der Waals surface area contributed by atoms with E-state index in [0.717, 1.165) is 25.1 Å². The summed E-state index contributed by atoms with van der Waals surface area (Å²) in [4.78, 5) is 29.9. The van der Waals surface area contributed by atoms with Crippen LogP contribution in [-0.2, 0) is 22.7 Å². The lowest BCUT2D eigenvalue weighted by atomic mass is 10.0. The Hall–Kier alpha value is -2.77. The summed E-state index contributed by atoms with van der Waals surface area (Å²) in [5.74, 6) is -0.239. The average molecular weight is 439 g/mol. The van der Waals surface area contributed by atoms with E-state index in [1.54, 1.807) is 12.1 Å². The van der Waals surface area contributed by atoms with Crippen LogP contribution in [-0.4, -0.2) is 59.9 Å². The number of hydrogen-bond acceptors (Lipinski definition) is 4. The summed E-state index contributed by atoms with van der Waals surface area (Å²) >= 11 is 0. The molecule has 2 saturated heterocycles. The number of carbonyl (C=O) groups excluding carboxylic acids is 2. The molecule has 0 bridgehead atoms. The topological polar surface area (TPSA) is 64.7 Å². The highest BCUT2D eigenvalue weighted by Gasteiger charge is 2.44. The SMILES string of the molecule is CN1[C@@H](CCC(=O)NCc2ccc(F)cc2)CNC(=O)[C@@H]2[C@@H]1CCN2Cc1ccccc1. The highest BCUT2D eigenvalue weighted by molar-refractivity contribution is 5.83. The third-order valence-corrected chi connectivity index (χ3v) is 6.69. The summed E-state index contributed by atoms with van der Waals surface area (Å²) in [6.45, 7) is 2.58. The fourth-order valence-corrected chi connectivity index (χ4v) is 4.83. The van der Waals surface area contributed by atoms with Crippen LogP contribution in [0.2, 0.25) is 0 Å². The van der Waals surface area contributed by atoms with Crippen molar-refractivity contribution in [1.82, 2.24) is 20.4 Å². The lowest BCUT2D eigenvalue weighted by molar-refractivity contribution is -0.126. The summed E-state index contributed by atoms with van der Waals surface area (Å²) < 4.78 is 13.0. The van der Waals surface area contributed by atoms with Gasteiger partial charge in [0.1, 0.15) is 11.9 Å². The first-order valence-electron chi connectivity index (χ1n) is 11.3. The quantitative estimate of drug-likeness (QED) is 0.696. The van der Waals surface area contributed by atoms with Crippen molar-refractivity contribution < 1.29 is 14.0 Å². The number of halogens is 1. The molecule has 3 atom stereocenters. The Balaban J connectivity index is 1.31. The Bertz CT molecular complexity index is 921. The molecule has 2 aromatic carbocycles. The van der Waals surface area contributed by atoms with E-state index in [4.69, 9.17) is 0 Å². The van der Waals surface area contributed by atoms with Gasteiger partial charge >= 0.3 is 0 Å². The van der Waals surface area contributed by atoms with Gasteiger partial charge in [-0.3, -0.25) is 19.4 Å². The maximum Gasteiger partial charge on any atom is 0.239 e. The van der Waals surface area contributed by atoms with Gasteiger partial charge in [0.05, 0.1) is 0 Å². The summed E-state index contributed by atoms with van der Waals surface area (Å²) in [5.41, 5.74) is 2.08. The first-order chi connectivity index (χ1) is 15.5. The fourth-order valence-electron chi connectivity index (χ4n) is 4.83. The van der Waals surface area contributed by atoms with Crippen LogP contribution >= 0.6 is 0 Å². The first-order valence-corrected chi connectivity index (χ1v) is 11.3. The van der Waals surface area contributed by atoms with Crippen molar-refractivity contribution in [2.24, 2.45) is 0 Å². The van der Waals surface area contributed by atoms with Gasteiger partial charge in [-0.25, -0.2) is 4.39 Å². The van der Waals surface area contributed by atoms with E-state index in [-0.39, 0.29) is 35.8 Å². The van der Waals surface area contributed by atoms with E-state index in [9.17, 15) is 14.0 Å².